The third kappa shape index (κ3) is 4.98. The molecule has 0 aliphatic carbocycles. The van der Waals surface area contributed by atoms with E-state index in [1.165, 1.54) is 6.07 Å². The lowest BCUT2D eigenvalue weighted by molar-refractivity contribution is -0.139. The van der Waals surface area contributed by atoms with Gasteiger partial charge in [-0.1, -0.05) is 72.8 Å². The smallest absolute Gasteiger partial charge is 0.342 e. The van der Waals surface area contributed by atoms with E-state index in [-0.39, 0.29) is 11.8 Å². The fraction of sp³-hybridized carbons (Fsp3) is 0.269. The lowest BCUT2D eigenvalue weighted by atomic mass is 9.86. The number of carbonyl (C=O) groups excluding carboxylic acids is 1. The molecular weight excluding hydrogens is 399 g/mol. The lowest BCUT2D eigenvalue weighted by Crippen LogP contribution is -2.39. The van der Waals surface area contributed by atoms with Gasteiger partial charge in [0.05, 0.1) is 12.0 Å². The topological polar surface area (TPSA) is 20.3 Å². The first kappa shape index (κ1) is 21.2. The first-order chi connectivity index (χ1) is 14.9. The van der Waals surface area contributed by atoms with E-state index >= 15 is 0 Å². The third-order valence-electron chi connectivity index (χ3n) is 5.97. The highest BCUT2D eigenvalue weighted by Crippen LogP contribution is 2.38. The summed E-state index contributed by atoms with van der Waals surface area (Å²) in [6.07, 6.45) is -2.95. The number of likely N-dealkylation sites (tertiary alicyclic amines) is 1. The summed E-state index contributed by atoms with van der Waals surface area (Å²) in [4.78, 5) is 14.5. The Bertz CT molecular complexity index is 1020. The van der Waals surface area contributed by atoms with Crippen LogP contribution in [0.4, 0.5) is 13.2 Å². The van der Waals surface area contributed by atoms with Crippen LogP contribution in [-0.4, -0.2) is 23.9 Å². The highest BCUT2D eigenvalue weighted by atomic mass is 19.4. The predicted octanol–water partition coefficient (Wildman–Crippen LogP) is 6.32. The summed E-state index contributed by atoms with van der Waals surface area (Å²) in [5.41, 5.74) is 2.95. The standard InChI is InChI=1S/C26H24F3NO/c27-26(28,29)24-9-5-4-8-23(24)22-14-16-30(17-15-22)25(31)18-19-10-12-21(13-11-19)20-6-2-1-3-7-20/h1-13,22H,14-18H2. The van der Waals surface area contributed by atoms with Crippen molar-refractivity contribution in [3.63, 3.8) is 0 Å². The van der Waals surface area contributed by atoms with Crippen LogP contribution in [0.25, 0.3) is 11.1 Å². The minimum absolute atomic E-state index is 0.0232. The Balaban J connectivity index is 1.36. The Kier molecular flexibility index (Phi) is 6.12. The van der Waals surface area contributed by atoms with Gasteiger partial charge in [0.1, 0.15) is 0 Å². The minimum Gasteiger partial charge on any atom is -0.342 e. The van der Waals surface area contributed by atoms with Crippen LogP contribution in [0, 0.1) is 0 Å². The van der Waals surface area contributed by atoms with Crippen molar-refractivity contribution in [1.82, 2.24) is 4.90 Å². The van der Waals surface area contributed by atoms with Crippen LogP contribution < -0.4 is 0 Å². The van der Waals surface area contributed by atoms with E-state index in [9.17, 15) is 18.0 Å². The maximum Gasteiger partial charge on any atom is 0.416 e. The second kappa shape index (κ2) is 8.96. The van der Waals surface area contributed by atoms with Crippen LogP contribution >= 0.6 is 0 Å². The van der Waals surface area contributed by atoms with Crippen LogP contribution in [0.1, 0.15) is 35.4 Å². The molecule has 3 aromatic rings. The minimum atomic E-state index is -4.35. The molecule has 0 unspecified atom stereocenters. The summed E-state index contributed by atoms with van der Waals surface area (Å²) in [7, 11) is 0. The van der Waals surface area contributed by atoms with Crippen LogP contribution in [0.3, 0.4) is 0 Å². The summed E-state index contributed by atoms with van der Waals surface area (Å²) in [6.45, 7) is 0.968. The second-order valence-electron chi connectivity index (χ2n) is 7.98. The van der Waals surface area contributed by atoms with Crippen LogP contribution in [0.2, 0.25) is 0 Å². The number of amides is 1. The zero-order valence-corrected chi connectivity index (χ0v) is 17.1. The molecule has 0 aromatic heterocycles. The first-order valence-corrected chi connectivity index (χ1v) is 10.5. The van der Waals surface area contributed by atoms with Crippen molar-refractivity contribution in [1.29, 1.82) is 0 Å². The Labute approximate surface area is 180 Å². The summed E-state index contributed by atoms with van der Waals surface area (Å²) in [5, 5.41) is 0. The zero-order valence-electron chi connectivity index (χ0n) is 17.1. The number of halogens is 3. The van der Waals surface area contributed by atoms with Crippen molar-refractivity contribution in [2.45, 2.75) is 31.4 Å². The molecular formula is C26H24F3NO. The summed E-state index contributed by atoms with van der Waals surface area (Å²) in [6, 6.07) is 23.8. The number of alkyl halides is 3. The van der Waals surface area contributed by atoms with Crippen molar-refractivity contribution in [3.8, 4) is 11.1 Å². The van der Waals surface area contributed by atoms with E-state index in [1.54, 1.807) is 17.0 Å². The lowest BCUT2D eigenvalue weighted by Gasteiger charge is -2.33. The van der Waals surface area contributed by atoms with Gasteiger partial charge in [0.25, 0.3) is 0 Å². The number of carbonyl (C=O) groups is 1. The Hall–Kier alpha value is -3.08. The molecule has 4 rings (SSSR count). The first-order valence-electron chi connectivity index (χ1n) is 10.5. The molecule has 1 heterocycles. The Morgan fingerprint density at radius 2 is 1.39 bits per heavy atom. The third-order valence-corrected chi connectivity index (χ3v) is 5.97. The molecule has 1 saturated heterocycles. The van der Waals surface area contributed by atoms with E-state index < -0.39 is 11.7 Å². The van der Waals surface area contributed by atoms with Gasteiger partial charge in [0.2, 0.25) is 5.91 Å². The van der Waals surface area contributed by atoms with Gasteiger partial charge in [0, 0.05) is 13.1 Å². The van der Waals surface area contributed by atoms with Gasteiger partial charge >= 0.3 is 6.18 Å². The number of rotatable bonds is 4. The Morgan fingerprint density at radius 3 is 2.03 bits per heavy atom. The molecule has 3 aromatic carbocycles. The summed E-state index contributed by atoms with van der Waals surface area (Å²) in [5.74, 6) is -0.151. The van der Waals surface area contributed by atoms with Gasteiger partial charge in [-0.25, -0.2) is 0 Å². The molecule has 1 fully saturated rings. The van der Waals surface area contributed by atoms with Gasteiger partial charge < -0.3 is 4.90 Å². The molecule has 0 saturated carbocycles. The molecule has 0 spiro atoms. The highest BCUT2D eigenvalue weighted by molar-refractivity contribution is 5.79. The second-order valence-corrected chi connectivity index (χ2v) is 7.98. The molecule has 1 aliphatic rings. The van der Waals surface area contributed by atoms with Crippen molar-refractivity contribution < 1.29 is 18.0 Å². The fourth-order valence-electron chi connectivity index (χ4n) is 4.28. The molecule has 0 N–H and O–H groups in total. The number of benzene rings is 3. The monoisotopic (exact) mass is 423 g/mol. The molecule has 160 valence electrons. The highest BCUT2D eigenvalue weighted by Gasteiger charge is 2.36. The largest absolute Gasteiger partial charge is 0.416 e. The average molecular weight is 423 g/mol. The molecule has 1 aliphatic heterocycles. The maximum absolute atomic E-state index is 13.3. The van der Waals surface area contributed by atoms with E-state index in [0.717, 1.165) is 22.8 Å². The van der Waals surface area contributed by atoms with Crippen molar-refractivity contribution in [2.75, 3.05) is 13.1 Å². The van der Waals surface area contributed by atoms with Crippen molar-refractivity contribution in [3.05, 3.63) is 95.6 Å². The SMILES string of the molecule is O=C(Cc1ccc(-c2ccccc2)cc1)N1CCC(c2ccccc2C(F)(F)F)CC1. The fourth-order valence-corrected chi connectivity index (χ4v) is 4.28. The van der Waals surface area contributed by atoms with E-state index in [2.05, 4.69) is 0 Å². The maximum atomic E-state index is 13.3. The molecule has 5 heteroatoms. The number of piperidine rings is 1. The summed E-state index contributed by atoms with van der Waals surface area (Å²) < 4.78 is 40.0. The number of hydrogen-bond acceptors (Lipinski definition) is 1. The van der Waals surface area contributed by atoms with Crippen LogP contribution in [-0.2, 0) is 17.4 Å². The van der Waals surface area contributed by atoms with E-state index in [4.69, 9.17) is 0 Å². The van der Waals surface area contributed by atoms with Crippen LogP contribution in [0.5, 0.6) is 0 Å². The van der Waals surface area contributed by atoms with Gasteiger partial charge in [-0.15, -0.1) is 0 Å². The number of nitrogens with zero attached hydrogens (tertiary/aromatic N) is 1. The normalized spacial score (nSPS) is 15.1. The van der Waals surface area contributed by atoms with E-state index in [0.29, 0.717) is 37.9 Å². The molecule has 2 nitrogen and oxygen atoms in total. The van der Waals surface area contributed by atoms with E-state index in [1.807, 2.05) is 54.6 Å². The van der Waals surface area contributed by atoms with Gasteiger partial charge in [0.15, 0.2) is 0 Å². The quantitative estimate of drug-likeness (QED) is 0.481. The zero-order chi connectivity index (χ0) is 21.8. The van der Waals surface area contributed by atoms with Crippen molar-refractivity contribution >= 4 is 5.91 Å². The number of hydrogen-bond donors (Lipinski definition) is 0. The molecule has 1 amide bonds. The molecule has 31 heavy (non-hydrogen) atoms. The summed E-state index contributed by atoms with van der Waals surface area (Å²) >= 11 is 0. The predicted molar refractivity (Wildman–Crippen MR) is 116 cm³/mol. The molecule has 0 radical (unpaired) electrons. The van der Waals surface area contributed by atoms with Gasteiger partial charge in [-0.2, -0.15) is 13.2 Å². The molecule has 0 bridgehead atoms. The average Bonchev–Trinajstić information content (AvgIpc) is 2.80. The van der Waals surface area contributed by atoms with Crippen LogP contribution in [0.15, 0.2) is 78.9 Å². The molecule has 0 atom stereocenters. The van der Waals surface area contributed by atoms with Gasteiger partial charge in [-0.3, -0.25) is 4.79 Å². The van der Waals surface area contributed by atoms with Crippen molar-refractivity contribution in [2.24, 2.45) is 0 Å². The van der Waals surface area contributed by atoms with Gasteiger partial charge in [-0.05, 0) is 47.1 Å². The Morgan fingerprint density at radius 1 is 0.806 bits per heavy atom.